The van der Waals surface area contributed by atoms with Crippen molar-refractivity contribution >= 4 is 27.5 Å². The Bertz CT molecular complexity index is 548. The number of benzene rings is 1. The van der Waals surface area contributed by atoms with Crippen LogP contribution in [0.3, 0.4) is 0 Å². The van der Waals surface area contributed by atoms with Gasteiger partial charge in [-0.1, -0.05) is 12.1 Å². The van der Waals surface area contributed by atoms with Crippen molar-refractivity contribution in [1.82, 2.24) is 4.31 Å². The highest BCUT2D eigenvalue weighted by atomic mass is 32.2. The molecule has 1 saturated heterocycles. The Labute approximate surface area is 124 Å². The van der Waals surface area contributed by atoms with E-state index in [2.05, 4.69) is 0 Å². The molecule has 0 spiro atoms. The zero-order valence-corrected chi connectivity index (χ0v) is 13.1. The van der Waals surface area contributed by atoms with Gasteiger partial charge in [-0.15, -0.1) is 11.8 Å². The highest BCUT2D eigenvalue weighted by Crippen LogP contribution is 2.25. The van der Waals surface area contributed by atoms with Gasteiger partial charge in [-0.3, -0.25) is 0 Å². The number of nitrogens with two attached hydrogens (primary N) is 1. The normalized spacial score (nSPS) is 20.9. The number of nitrogen functional groups attached to an aromatic ring is 1. The second kappa shape index (κ2) is 6.80. The average Bonchev–Trinajstić information content (AvgIpc) is 2.41. The van der Waals surface area contributed by atoms with Crippen LogP contribution in [0.5, 0.6) is 0 Å². The molecule has 1 heterocycles. The number of rotatable bonds is 5. The lowest BCUT2D eigenvalue weighted by atomic mass is 10.3. The summed E-state index contributed by atoms with van der Waals surface area (Å²) in [7, 11) is -3.22. The van der Waals surface area contributed by atoms with Gasteiger partial charge in [-0.2, -0.15) is 4.31 Å². The van der Waals surface area contributed by atoms with Gasteiger partial charge in [0.1, 0.15) is 0 Å². The molecule has 0 amide bonds. The summed E-state index contributed by atoms with van der Waals surface area (Å²) in [4.78, 5) is 0.928. The number of morpholine rings is 1. The minimum atomic E-state index is -3.22. The first-order valence-electron chi connectivity index (χ1n) is 6.55. The molecule has 7 heteroatoms. The molecule has 1 fully saturated rings. The summed E-state index contributed by atoms with van der Waals surface area (Å²) in [6, 6.07) is 7.41. The molecule has 5 nitrogen and oxygen atoms in total. The van der Waals surface area contributed by atoms with Crippen molar-refractivity contribution in [2.24, 2.45) is 0 Å². The molecule has 0 aliphatic carbocycles. The fraction of sp³-hybridized carbons (Fsp3) is 0.538. The molecule has 2 rings (SSSR count). The van der Waals surface area contributed by atoms with E-state index >= 15 is 0 Å². The number of hydrogen-bond donors (Lipinski definition) is 1. The van der Waals surface area contributed by atoms with E-state index in [1.807, 2.05) is 31.2 Å². The van der Waals surface area contributed by atoms with Crippen molar-refractivity contribution in [3.8, 4) is 0 Å². The highest BCUT2D eigenvalue weighted by Gasteiger charge is 2.29. The Hall–Kier alpha value is -0.760. The van der Waals surface area contributed by atoms with Crippen molar-refractivity contribution in [2.45, 2.75) is 17.9 Å². The number of ether oxygens (including phenoxy) is 1. The zero-order chi connectivity index (χ0) is 14.6. The molecule has 1 atom stereocenters. The van der Waals surface area contributed by atoms with Gasteiger partial charge in [0.15, 0.2) is 0 Å². The molecule has 0 saturated carbocycles. The van der Waals surface area contributed by atoms with Gasteiger partial charge < -0.3 is 10.5 Å². The SMILES string of the molecule is C[C@@H]1COCCN1S(=O)(=O)CCSc1ccccc1N. The zero-order valence-electron chi connectivity index (χ0n) is 11.5. The predicted octanol–water partition coefficient (Wildman–Crippen LogP) is 1.41. The molecule has 1 aromatic rings. The van der Waals surface area contributed by atoms with Crippen LogP contribution < -0.4 is 5.73 Å². The number of para-hydroxylation sites is 1. The Balaban J connectivity index is 1.91. The molecule has 0 bridgehead atoms. The summed E-state index contributed by atoms with van der Waals surface area (Å²) in [6.07, 6.45) is 0. The van der Waals surface area contributed by atoms with Crippen LogP contribution in [0.25, 0.3) is 0 Å². The van der Waals surface area contributed by atoms with E-state index in [1.54, 1.807) is 4.31 Å². The van der Waals surface area contributed by atoms with Crippen LogP contribution >= 0.6 is 11.8 Å². The molecular formula is C13H20N2O3S2. The largest absolute Gasteiger partial charge is 0.398 e. The molecule has 0 aromatic heterocycles. The summed E-state index contributed by atoms with van der Waals surface area (Å²) in [6.45, 7) is 3.26. The average molecular weight is 316 g/mol. The van der Waals surface area contributed by atoms with Gasteiger partial charge in [0.2, 0.25) is 10.0 Å². The molecule has 1 aliphatic heterocycles. The van der Waals surface area contributed by atoms with Gasteiger partial charge in [0.25, 0.3) is 0 Å². The third-order valence-corrected chi connectivity index (χ3v) is 6.51. The van der Waals surface area contributed by atoms with Crippen molar-refractivity contribution in [3.63, 3.8) is 0 Å². The van der Waals surface area contributed by atoms with Crippen LogP contribution in [0.4, 0.5) is 5.69 Å². The maximum Gasteiger partial charge on any atom is 0.215 e. The Morgan fingerprint density at radius 2 is 2.20 bits per heavy atom. The Morgan fingerprint density at radius 3 is 2.90 bits per heavy atom. The van der Waals surface area contributed by atoms with Crippen molar-refractivity contribution in [2.75, 3.05) is 37.0 Å². The van der Waals surface area contributed by atoms with Gasteiger partial charge in [0.05, 0.1) is 19.0 Å². The van der Waals surface area contributed by atoms with E-state index in [1.165, 1.54) is 11.8 Å². The molecule has 1 aliphatic rings. The van der Waals surface area contributed by atoms with E-state index in [-0.39, 0.29) is 11.8 Å². The summed E-state index contributed by atoms with van der Waals surface area (Å²) >= 11 is 1.48. The number of nitrogens with zero attached hydrogens (tertiary/aromatic N) is 1. The Kier molecular flexibility index (Phi) is 5.31. The van der Waals surface area contributed by atoms with Gasteiger partial charge in [-0.25, -0.2) is 8.42 Å². The van der Waals surface area contributed by atoms with E-state index in [4.69, 9.17) is 10.5 Å². The van der Waals surface area contributed by atoms with Gasteiger partial charge in [0, 0.05) is 28.9 Å². The van der Waals surface area contributed by atoms with Crippen LogP contribution in [0.2, 0.25) is 0 Å². The highest BCUT2D eigenvalue weighted by molar-refractivity contribution is 8.00. The van der Waals surface area contributed by atoms with E-state index in [0.29, 0.717) is 31.2 Å². The first-order chi connectivity index (χ1) is 9.50. The first-order valence-corrected chi connectivity index (χ1v) is 9.15. The molecule has 0 unspecified atom stereocenters. The third-order valence-electron chi connectivity index (χ3n) is 3.18. The minimum absolute atomic E-state index is 0.0828. The summed E-state index contributed by atoms with van der Waals surface area (Å²) in [5, 5.41) is 0. The van der Waals surface area contributed by atoms with Crippen LogP contribution in [-0.4, -0.2) is 50.0 Å². The summed E-state index contributed by atoms with van der Waals surface area (Å²) in [5.74, 6) is 0.622. The monoisotopic (exact) mass is 316 g/mol. The molecule has 1 aromatic carbocycles. The topological polar surface area (TPSA) is 72.6 Å². The number of hydrogen-bond acceptors (Lipinski definition) is 5. The van der Waals surface area contributed by atoms with Crippen LogP contribution in [0.15, 0.2) is 29.2 Å². The molecule has 0 radical (unpaired) electrons. The Morgan fingerprint density at radius 1 is 1.45 bits per heavy atom. The van der Waals surface area contributed by atoms with Crippen molar-refractivity contribution in [3.05, 3.63) is 24.3 Å². The summed E-state index contributed by atoms with van der Waals surface area (Å²) in [5.41, 5.74) is 6.53. The molecule has 20 heavy (non-hydrogen) atoms. The van der Waals surface area contributed by atoms with E-state index in [0.717, 1.165) is 4.90 Å². The maximum absolute atomic E-state index is 12.3. The lowest BCUT2D eigenvalue weighted by Crippen LogP contribution is -2.48. The fourth-order valence-electron chi connectivity index (χ4n) is 2.11. The quantitative estimate of drug-likeness (QED) is 0.657. The second-order valence-electron chi connectivity index (χ2n) is 4.74. The van der Waals surface area contributed by atoms with Crippen molar-refractivity contribution in [1.29, 1.82) is 0 Å². The lowest BCUT2D eigenvalue weighted by molar-refractivity contribution is 0.0393. The summed E-state index contributed by atoms with van der Waals surface area (Å²) < 4.78 is 31.4. The predicted molar refractivity (Wildman–Crippen MR) is 82.4 cm³/mol. The van der Waals surface area contributed by atoms with Gasteiger partial charge >= 0.3 is 0 Å². The van der Waals surface area contributed by atoms with Crippen LogP contribution in [0, 0.1) is 0 Å². The lowest BCUT2D eigenvalue weighted by Gasteiger charge is -2.32. The maximum atomic E-state index is 12.3. The van der Waals surface area contributed by atoms with Crippen molar-refractivity contribution < 1.29 is 13.2 Å². The van der Waals surface area contributed by atoms with Crippen LogP contribution in [0.1, 0.15) is 6.92 Å². The fourth-order valence-corrected chi connectivity index (χ4v) is 5.11. The second-order valence-corrected chi connectivity index (χ2v) is 7.91. The van der Waals surface area contributed by atoms with E-state index < -0.39 is 10.0 Å². The van der Waals surface area contributed by atoms with Gasteiger partial charge in [-0.05, 0) is 19.1 Å². The molecular weight excluding hydrogens is 296 g/mol. The number of anilines is 1. The standard InChI is InChI=1S/C13H20N2O3S2/c1-11-10-18-7-6-15(11)20(16,17)9-8-19-13-5-3-2-4-12(13)14/h2-5,11H,6-10,14H2,1H3/t11-/m1/s1. The third kappa shape index (κ3) is 3.88. The van der Waals surface area contributed by atoms with Crippen LogP contribution in [-0.2, 0) is 14.8 Å². The first kappa shape index (κ1) is 15.6. The number of thioether (sulfide) groups is 1. The van der Waals surface area contributed by atoms with E-state index in [9.17, 15) is 8.42 Å². The number of sulfonamides is 1. The molecule has 2 N–H and O–H groups in total. The minimum Gasteiger partial charge on any atom is -0.398 e. The molecule has 112 valence electrons. The smallest absolute Gasteiger partial charge is 0.215 e.